The van der Waals surface area contributed by atoms with Crippen molar-refractivity contribution >= 4 is 16.9 Å². The lowest BCUT2D eigenvalue weighted by Gasteiger charge is -2.42. The molecular weight excluding hydrogens is 334 g/mol. The molecule has 0 bridgehead atoms. The molecule has 3 aromatic rings. The predicted octanol–water partition coefficient (Wildman–Crippen LogP) is 3.73. The SMILES string of the molecule is N#Cc1cc2c(nc1N1CC(n3c(C4CC4)nc4ccccc43)C1)CCC2. The van der Waals surface area contributed by atoms with Gasteiger partial charge < -0.3 is 9.47 Å². The Hall–Kier alpha value is -2.87. The fourth-order valence-electron chi connectivity index (χ4n) is 4.65. The molecule has 0 amide bonds. The Labute approximate surface area is 158 Å². The van der Waals surface area contributed by atoms with Crippen molar-refractivity contribution < 1.29 is 0 Å². The number of para-hydroxylation sites is 2. The Morgan fingerprint density at radius 1 is 1.07 bits per heavy atom. The molecule has 0 atom stereocenters. The first kappa shape index (κ1) is 15.2. The highest BCUT2D eigenvalue weighted by Gasteiger charge is 2.37. The highest BCUT2D eigenvalue weighted by Crippen LogP contribution is 2.43. The zero-order valence-electron chi connectivity index (χ0n) is 15.2. The van der Waals surface area contributed by atoms with E-state index in [0.717, 1.165) is 49.2 Å². The fraction of sp³-hybridized carbons (Fsp3) is 0.409. The largest absolute Gasteiger partial charge is 0.351 e. The number of aromatic nitrogens is 3. The average molecular weight is 355 g/mol. The molecule has 1 aromatic carbocycles. The Balaban J connectivity index is 1.34. The molecule has 5 nitrogen and oxygen atoms in total. The first-order valence-electron chi connectivity index (χ1n) is 9.96. The van der Waals surface area contributed by atoms with Crippen molar-refractivity contribution in [3.8, 4) is 6.07 Å². The normalized spacial score (nSPS) is 19.1. The van der Waals surface area contributed by atoms with E-state index in [1.807, 2.05) is 0 Å². The van der Waals surface area contributed by atoms with Gasteiger partial charge in [0, 0.05) is 24.7 Å². The number of pyridine rings is 1. The van der Waals surface area contributed by atoms with E-state index in [1.54, 1.807) is 0 Å². The van der Waals surface area contributed by atoms with Crippen molar-refractivity contribution in [3.05, 3.63) is 53.0 Å². The van der Waals surface area contributed by atoms with Gasteiger partial charge in [-0.1, -0.05) is 12.1 Å². The number of imidazole rings is 1. The third-order valence-corrected chi connectivity index (χ3v) is 6.24. The number of hydrogen-bond acceptors (Lipinski definition) is 4. The first-order chi connectivity index (χ1) is 13.3. The Bertz CT molecular complexity index is 1100. The van der Waals surface area contributed by atoms with Gasteiger partial charge in [0.05, 0.1) is 22.6 Å². The van der Waals surface area contributed by atoms with Crippen molar-refractivity contribution in [3.63, 3.8) is 0 Å². The number of anilines is 1. The van der Waals surface area contributed by atoms with Gasteiger partial charge in [0.2, 0.25) is 0 Å². The van der Waals surface area contributed by atoms with Crippen LogP contribution in [0.1, 0.15) is 53.9 Å². The summed E-state index contributed by atoms with van der Waals surface area (Å²) >= 11 is 0. The zero-order valence-corrected chi connectivity index (χ0v) is 15.2. The summed E-state index contributed by atoms with van der Waals surface area (Å²) in [5.41, 5.74) is 5.54. The van der Waals surface area contributed by atoms with Gasteiger partial charge in [-0.15, -0.1) is 0 Å². The number of nitrogens with zero attached hydrogens (tertiary/aromatic N) is 5. The van der Waals surface area contributed by atoms with Crippen LogP contribution < -0.4 is 4.90 Å². The van der Waals surface area contributed by atoms with Crippen LogP contribution in [0.25, 0.3) is 11.0 Å². The van der Waals surface area contributed by atoms with Crippen molar-refractivity contribution in [2.45, 2.75) is 44.1 Å². The molecule has 0 N–H and O–H groups in total. The second kappa shape index (κ2) is 5.56. The summed E-state index contributed by atoms with van der Waals surface area (Å²) in [7, 11) is 0. The lowest BCUT2D eigenvalue weighted by molar-refractivity contribution is 0.394. The molecule has 1 aliphatic heterocycles. The minimum atomic E-state index is 0.412. The summed E-state index contributed by atoms with van der Waals surface area (Å²) in [6, 6.07) is 13.3. The van der Waals surface area contributed by atoms with E-state index >= 15 is 0 Å². The van der Waals surface area contributed by atoms with Crippen LogP contribution in [0.5, 0.6) is 0 Å². The number of nitriles is 1. The van der Waals surface area contributed by atoms with E-state index < -0.39 is 0 Å². The van der Waals surface area contributed by atoms with Gasteiger partial charge >= 0.3 is 0 Å². The van der Waals surface area contributed by atoms with Crippen LogP contribution in [0, 0.1) is 11.3 Å². The number of fused-ring (bicyclic) bond motifs is 2. The summed E-state index contributed by atoms with van der Waals surface area (Å²) < 4.78 is 2.46. The molecular formula is C22H21N5. The van der Waals surface area contributed by atoms with Gasteiger partial charge in [0.1, 0.15) is 17.7 Å². The van der Waals surface area contributed by atoms with Crippen LogP contribution in [0.3, 0.4) is 0 Å². The molecule has 2 aliphatic carbocycles. The molecule has 0 unspecified atom stereocenters. The Morgan fingerprint density at radius 3 is 2.74 bits per heavy atom. The predicted molar refractivity (Wildman–Crippen MR) is 104 cm³/mol. The molecule has 2 aromatic heterocycles. The van der Waals surface area contributed by atoms with Crippen LogP contribution in [0.15, 0.2) is 30.3 Å². The van der Waals surface area contributed by atoms with E-state index in [1.165, 1.54) is 35.4 Å². The van der Waals surface area contributed by atoms with Crippen LogP contribution in [-0.2, 0) is 12.8 Å². The van der Waals surface area contributed by atoms with Crippen molar-refractivity contribution in [2.75, 3.05) is 18.0 Å². The monoisotopic (exact) mass is 355 g/mol. The number of aryl methyl sites for hydroxylation is 2. The van der Waals surface area contributed by atoms with Crippen molar-refractivity contribution in [1.29, 1.82) is 5.26 Å². The maximum Gasteiger partial charge on any atom is 0.146 e. The maximum atomic E-state index is 9.60. The van der Waals surface area contributed by atoms with Crippen LogP contribution in [0.4, 0.5) is 5.82 Å². The summed E-state index contributed by atoms with van der Waals surface area (Å²) in [5.74, 6) is 2.76. The fourth-order valence-corrected chi connectivity index (χ4v) is 4.65. The second-order valence-electron chi connectivity index (χ2n) is 8.09. The van der Waals surface area contributed by atoms with Gasteiger partial charge in [0.25, 0.3) is 0 Å². The molecule has 0 radical (unpaired) electrons. The minimum absolute atomic E-state index is 0.412. The molecule has 1 saturated heterocycles. The molecule has 134 valence electrons. The number of benzene rings is 1. The number of hydrogen-bond donors (Lipinski definition) is 0. The third-order valence-electron chi connectivity index (χ3n) is 6.24. The molecule has 0 spiro atoms. The van der Waals surface area contributed by atoms with E-state index in [2.05, 4.69) is 45.9 Å². The van der Waals surface area contributed by atoms with E-state index in [-0.39, 0.29) is 0 Å². The average Bonchev–Trinajstić information content (AvgIpc) is 3.29. The summed E-state index contributed by atoms with van der Waals surface area (Å²) in [4.78, 5) is 12.1. The van der Waals surface area contributed by atoms with Crippen molar-refractivity contribution in [1.82, 2.24) is 14.5 Å². The smallest absolute Gasteiger partial charge is 0.146 e. The standard InChI is InChI=1S/C22H21N5/c23-11-16-10-15-4-3-6-18(15)24-21(16)26-12-17(13-26)27-20-7-2-1-5-19(20)25-22(27)14-8-9-14/h1-2,5,7,10,14,17H,3-4,6,8-9,12-13H2. The summed E-state index contributed by atoms with van der Waals surface area (Å²) in [5, 5.41) is 9.60. The maximum absolute atomic E-state index is 9.60. The molecule has 3 heterocycles. The molecule has 5 heteroatoms. The first-order valence-corrected chi connectivity index (χ1v) is 9.96. The van der Waals surface area contributed by atoms with Gasteiger partial charge in [-0.25, -0.2) is 9.97 Å². The second-order valence-corrected chi connectivity index (χ2v) is 8.09. The molecule has 3 aliphatic rings. The van der Waals surface area contributed by atoms with E-state index in [9.17, 15) is 5.26 Å². The minimum Gasteiger partial charge on any atom is -0.351 e. The molecule has 6 rings (SSSR count). The van der Waals surface area contributed by atoms with Gasteiger partial charge in [-0.3, -0.25) is 0 Å². The van der Waals surface area contributed by atoms with Gasteiger partial charge in [-0.05, 0) is 55.9 Å². The molecule has 27 heavy (non-hydrogen) atoms. The quantitative estimate of drug-likeness (QED) is 0.718. The lowest BCUT2D eigenvalue weighted by Crippen LogP contribution is -2.49. The van der Waals surface area contributed by atoms with Crippen LogP contribution in [-0.4, -0.2) is 27.6 Å². The van der Waals surface area contributed by atoms with E-state index in [4.69, 9.17) is 9.97 Å². The van der Waals surface area contributed by atoms with Gasteiger partial charge in [-0.2, -0.15) is 5.26 Å². The summed E-state index contributed by atoms with van der Waals surface area (Å²) in [6.07, 6.45) is 5.77. The lowest BCUT2D eigenvalue weighted by atomic mass is 10.1. The zero-order chi connectivity index (χ0) is 18.0. The molecule has 1 saturated carbocycles. The van der Waals surface area contributed by atoms with Gasteiger partial charge in [0.15, 0.2) is 0 Å². The van der Waals surface area contributed by atoms with Crippen molar-refractivity contribution in [2.24, 2.45) is 0 Å². The third kappa shape index (κ3) is 2.29. The highest BCUT2D eigenvalue weighted by atomic mass is 15.3. The topological polar surface area (TPSA) is 57.7 Å². The number of rotatable bonds is 3. The van der Waals surface area contributed by atoms with Crippen LogP contribution in [0.2, 0.25) is 0 Å². The Kier molecular flexibility index (Phi) is 3.13. The van der Waals surface area contributed by atoms with E-state index in [0.29, 0.717) is 12.0 Å². The Morgan fingerprint density at radius 2 is 1.93 bits per heavy atom. The highest BCUT2D eigenvalue weighted by molar-refractivity contribution is 5.76. The molecule has 2 fully saturated rings. The summed E-state index contributed by atoms with van der Waals surface area (Å²) in [6.45, 7) is 1.81. The van der Waals surface area contributed by atoms with Crippen LogP contribution >= 0.6 is 0 Å².